The van der Waals surface area contributed by atoms with E-state index in [0.717, 1.165) is 10.8 Å². The second-order valence-electron chi connectivity index (χ2n) is 5.11. The third-order valence-corrected chi connectivity index (χ3v) is 4.25. The number of benzene rings is 1. The molecule has 7 nitrogen and oxygen atoms in total. The molecule has 3 rings (SSSR count). The van der Waals surface area contributed by atoms with E-state index in [4.69, 9.17) is 9.47 Å². The van der Waals surface area contributed by atoms with Crippen LogP contribution in [0.3, 0.4) is 0 Å². The molecule has 0 saturated carbocycles. The lowest BCUT2D eigenvalue weighted by atomic mass is 10.3. The Morgan fingerprint density at radius 2 is 2.12 bits per heavy atom. The topological polar surface area (TPSA) is 78.3 Å². The van der Waals surface area contributed by atoms with Gasteiger partial charge in [-0.2, -0.15) is 5.10 Å². The molecule has 0 bridgehead atoms. The van der Waals surface area contributed by atoms with Gasteiger partial charge >= 0.3 is 0 Å². The predicted molar refractivity (Wildman–Crippen MR) is 94.4 cm³/mol. The Labute approximate surface area is 149 Å². The summed E-state index contributed by atoms with van der Waals surface area (Å²) in [5.41, 5.74) is 0.918. The van der Waals surface area contributed by atoms with Gasteiger partial charge in [0, 0.05) is 30.7 Å². The average molecular weight is 358 g/mol. The van der Waals surface area contributed by atoms with Crippen molar-refractivity contribution in [3.05, 3.63) is 53.8 Å². The minimum absolute atomic E-state index is 0.0595. The van der Waals surface area contributed by atoms with Gasteiger partial charge in [0.1, 0.15) is 0 Å². The molecule has 1 N–H and O–H groups in total. The zero-order valence-corrected chi connectivity index (χ0v) is 14.5. The van der Waals surface area contributed by atoms with E-state index in [1.54, 1.807) is 30.1 Å². The molecule has 0 unspecified atom stereocenters. The molecule has 0 aliphatic heterocycles. The van der Waals surface area contributed by atoms with Crippen LogP contribution in [0.5, 0.6) is 11.5 Å². The normalized spacial score (nSPS) is 10.4. The van der Waals surface area contributed by atoms with Crippen molar-refractivity contribution in [3.8, 4) is 16.6 Å². The first-order valence-corrected chi connectivity index (χ1v) is 8.61. The molecule has 0 saturated heterocycles. The van der Waals surface area contributed by atoms with Crippen molar-refractivity contribution in [1.29, 1.82) is 0 Å². The maximum absolute atomic E-state index is 11.9. The maximum atomic E-state index is 11.9. The van der Waals surface area contributed by atoms with Gasteiger partial charge < -0.3 is 14.8 Å². The number of amides is 1. The van der Waals surface area contributed by atoms with Gasteiger partial charge in [-0.05, 0) is 18.2 Å². The van der Waals surface area contributed by atoms with Gasteiger partial charge in [-0.3, -0.25) is 4.79 Å². The lowest BCUT2D eigenvalue weighted by molar-refractivity contribution is -0.123. The molecule has 3 aromatic rings. The van der Waals surface area contributed by atoms with Crippen molar-refractivity contribution in [3.63, 3.8) is 0 Å². The van der Waals surface area contributed by atoms with Crippen LogP contribution in [-0.2, 0) is 11.2 Å². The molecule has 0 spiro atoms. The lowest BCUT2D eigenvalue weighted by Crippen LogP contribution is -2.30. The average Bonchev–Trinajstić information content (AvgIpc) is 3.31. The van der Waals surface area contributed by atoms with E-state index in [2.05, 4.69) is 15.4 Å². The molecule has 0 atom stereocenters. The number of carbonyl (C=O) groups excluding carboxylic acids is 1. The van der Waals surface area contributed by atoms with Gasteiger partial charge in [0.05, 0.1) is 12.8 Å². The zero-order valence-electron chi connectivity index (χ0n) is 13.7. The summed E-state index contributed by atoms with van der Waals surface area (Å²) in [7, 11) is 1.56. The highest BCUT2D eigenvalue weighted by molar-refractivity contribution is 7.12. The van der Waals surface area contributed by atoms with Crippen LogP contribution in [0.25, 0.3) is 5.13 Å². The highest BCUT2D eigenvalue weighted by atomic mass is 32.1. The smallest absolute Gasteiger partial charge is 0.257 e. The van der Waals surface area contributed by atoms with Crippen molar-refractivity contribution in [2.75, 3.05) is 20.3 Å². The second-order valence-corrected chi connectivity index (χ2v) is 5.95. The molecule has 0 aliphatic rings. The molecule has 2 heterocycles. The van der Waals surface area contributed by atoms with E-state index in [1.165, 1.54) is 11.3 Å². The number of para-hydroxylation sites is 2. The Bertz CT molecular complexity index is 817. The quantitative estimate of drug-likeness (QED) is 0.667. The number of thiazole rings is 1. The summed E-state index contributed by atoms with van der Waals surface area (Å²) in [5.74, 6) is 0.959. The second kappa shape index (κ2) is 8.29. The highest BCUT2D eigenvalue weighted by Crippen LogP contribution is 2.25. The Hall–Kier alpha value is -2.87. The number of nitrogens with zero attached hydrogens (tertiary/aromatic N) is 3. The fraction of sp³-hybridized carbons (Fsp3) is 0.235. The molecule has 130 valence electrons. The van der Waals surface area contributed by atoms with Gasteiger partial charge in [-0.1, -0.05) is 12.1 Å². The van der Waals surface area contributed by atoms with Crippen molar-refractivity contribution in [1.82, 2.24) is 20.1 Å². The first-order valence-electron chi connectivity index (χ1n) is 7.73. The zero-order chi connectivity index (χ0) is 17.5. The monoisotopic (exact) mass is 358 g/mol. The van der Waals surface area contributed by atoms with Crippen LogP contribution in [0, 0.1) is 0 Å². The Kier molecular flexibility index (Phi) is 5.63. The summed E-state index contributed by atoms with van der Waals surface area (Å²) < 4.78 is 12.4. The van der Waals surface area contributed by atoms with Gasteiger partial charge in [-0.25, -0.2) is 9.67 Å². The van der Waals surface area contributed by atoms with E-state index < -0.39 is 0 Å². The molecular weight excluding hydrogens is 340 g/mol. The number of hydrogen-bond donors (Lipinski definition) is 1. The maximum Gasteiger partial charge on any atom is 0.257 e. The van der Waals surface area contributed by atoms with E-state index in [1.807, 2.05) is 29.8 Å². The summed E-state index contributed by atoms with van der Waals surface area (Å²) in [6, 6.07) is 9.07. The Morgan fingerprint density at radius 1 is 1.28 bits per heavy atom. The van der Waals surface area contributed by atoms with Gasteiger partial charge in [-0.15, -0.1) is 11.3 Å². The fourth-order valence-electron chi connectivity index (χ4n) is 2.16. The van der Waals surface area contributed by atoms with Crippen molar-refractivity contribution in [2.24, 2.45) is 0 Å². The van der Waals surface area contributed by atoms with Gasteiger partial charge in [0.2, 0.25) is 5.13 Å². The molecule has 2 aromatic heterocycles. The van der Waals surface area contributed by atoms with Gasteiger partial charge in [0.15, 0.2) is 18.1 Å². The largest absolute Gasteiger partial charge is 0.493 e. The molecular formula is C17H18N4O3S. The summed E-state index contributed by atoms with van der Waals surface area (Å²) in [6.45, 7) is 0.437. The van der Waals surface area contributed by atoms with Gasteiger partial charge in [0.25, 0.3) is 5.91 Å². The van der Waals surface area contributed by atoms with Crippen LogP contribution in [-0.4, -0.2) is 40.9 Å². The highest BCUT2D eigenvalue weighted by Gasteiger charge is 2.08. The number of rotatable bonds is 8. The number of aromatic nitrogens is 3. The third kappa shape index (κ3) is 4.57. The van der Waals surface area contributed by atoms with E-state index in [-0.39, 0.29) is 12.5 Å². The summed E-state index contributed by atoms with van der Waals surface area (Å²) >= 11 is 1.52. The standard InChI is InChI=1S/C17H18N4O3S/c1-23-14-5-2-3-6-15(14)24-11-16(22)18-9-7-13-12-25-17(20-13)21-10-4-8-19-21/h2-6,8,10,12H,7,9,11H2,1H3,(H,18,22). The molecule has 8 heteroatoms. The number of nitrogens with one attached hydrogen (secondary N) is 1. The molecule has 1 aromatic carbocycles. The number of methoxy groups -OCH3 is 1. The van der Waals surface area contributed by atoms with E-state index >= 15 is 0 Å². The van der Waals surface area contributed by atoms with Crippen molar-refractivity contribution in [2.45, 2.75) is 6.42 Å². The number of ether oxygens (including phenoxy) is 2. The Balaban J connectivity index is 1.42. The van der Waals surface area contributed by atoms with Crippen LogP contribution >= 0.6 is 11.3 Å². The number of hydrogen-bond acceptors (Lipinski definition) is 6. The molecule has 1 amide bonds. The Morgan fingerprint density at radius 3 is 2.88 bits per heavy atom. The number of carbonyl (C=O) groups is 1. The summed E-state index contributed by atoms with van der Waals surface area (Å²) in [4.78, 5) is 16.4. The van der Waals surface area contributed by atoms with Crippen LogP contribution in [0.15, 0.2) is 48.1 Å². The van der Waals surface area contributed by atoms with E-state index in [9.17, 15) is 4.79 Å². The fourth-order valence-corrected chi connectivity index (χ4v) is 2.96. The SMILES string of the molecule is COc1ccccc1OCC(=O)NCCc1csc(-n2cccn2)n1. The van der Waals surface area contributed by atoms with Crippen molar-refractivity contribution < 1.29 is 14.3 Å². The van der Waals surface area contributed by atoms with Crippen LogP contribution in [0.2, 0.25) is 0 Å². The minimum atomic E-state index is -0.187. The van der Waals surface area contributed by atoms with Crippen LogP contribution in [0.1, 0.15) is 5.69 Å². The van der Waals surface area contributed by atoms with E-state index in [0.29, 0.717) is 24.5 Å². The summed E-state index contributed by atoms with van der Waals surface area (Å²) in [6.07, 6.45) is 4.21. The summed E-state index contributed by atoms with van der Waals surface area (Å²) in [5, 5.41) is 9.74. The molecule has 0 fully saturated rings. The molecule has 0 aliphatic carbocycles. The lowest BCUT2D eigenvalue weighted by Gasteiger charge is -2.10. The first-order chi connectivity index (χ1) is 12.3. The van der Waals surface area contributed by atoms with Crippen LogP contribution in [0.4, 0.5) is 0 Å². The predicted octanol–water partition coefficient (Wildman–Crippen LogP) is 2.08. The third-order valence-electron chi connectivity index (χ3n) is 3.37. The first kappa shape index (κ1) is 17.0. The van der Waals surface area contributed by atoms with Crippen molar-refractivity contribution >= 4 is 17.2 Å². The van der Waals surface area contributed by atoms with Crippen LogP contribution < -0.4 is 14.8 Å². The molecule has 0 radical (unpaired) electrons. The minimum Gasteiger partial charge on any atom is -0.493 e. The molecule has 25 heavy (non-hydrogen) atoms.